The molecule has 0 aliphatic carbocycles. The minimum atomic E-state index is -5.29. The molecule has 1 atom stereocenters. The van der Waals surface area contributed by atoms with E-state index in [0.717, 1.165) is 0 Å². The highest BCUT2D eigenvalue weighted by Gasteiger charge is 2.46. The van der Waals surface area contributed by atoms with Crippen molar-refractivity contribution in [3.05, 3.63) is 0 Å². The van der Waals surface area contributed by atoms with Crippen LogP contribution in [0.1, 0.15) is 13.3 Å². The van der Waals surface area contributed by atoms with Gasteiger partial charge in [0, 0.05) is 19.0 Å². The van der Waals surface area contributed by atoms with E-state index >= 15 is 0 Å². The molecule has 0 bridgehead atoms. The third-order valence-electron chi connectivity index (χ3n) is 1.48. The molecular formula is C6H8O8S-2. The predicted octanol–water partition coefficient (Wildman–Crippen LogP) is -3.50. The molecule has 1 unspecified atom stereocenters. The maximum Gasteiger partial charge on any atom is 0.301 e. The number of aliphatic carboxylic acids is 2. The third-order valence-corrected chi connectivity index (χ3v) is 2.74. The van der Waals surface area contributed by atoms with Gasteiger partial charge in [0.2, 0.25) is 4.93 Å². The highest BCUT2D eigenvalue weighted by Crippen LogP contribution is 2.22. The van der Waals surface area contributed by atoms with Gasteiger partial charge < -0.3 is 24.5 Å². The molecule has 0 fully saturated rings. The van der Waals surface area contributed by atoms with Gasteiger partial charge >= 0.3 is 10.1 Å². The van der Waals surface area contributed by atoms with E-state index in [1.807, 2.05) is 0 Å². The van der Waals surface area contributed by atoms with Crippen LogP contribution in [0.25, 0.3) is 0 Å². The second-order valence-corrected chi connectivity index (χ2v) is 4.11. The number of hydrogen-bond acceptors (Lipinski definition) is 7. The Morgan fingerprint density at radius 1 is 1.40 bits per heavy atom. The number of carboxylic acid groups (broad SMARTS) is 2. The largest absolute Gasteiger partial charge is 0.550 e. The first kappa shape index (κ1) is 13.8. The van der Waals surface area contributed by atoms with Crippen LogP contribution in [-0.4, -0.2) is 36.4 Å². The van der Waals surface area contributed by atoms with E-state index < -0.39 is 40.0 Å². The molecule has 0 aliphatic rings. The van der Waals surface area contributed by atoms with Gasteiger partial charge in [0.15, 0.2) is 0 Å². The molecule has 1 N–H and O–H groups in total. The number of rotatable bonds is 6. The molecule has 9 heteroatoms. The maximum absolute atomic E-state index is 10.7. The van der Waals surface area contributed by atoms with Crippen LogP contribution in [0.4, 0.5) is 0 Å². The summed E-state index contributed by atoms with van der Waals surface area (Å²) in [6, 6.07) is 0. The molecule has 0 aromatic carbocycles. The van der Waals surface area contributed by atoms with Crippen molar-refractivity contribution < 1.29 is 37.5 Å². The van der Waals surface area contributed by atoms with Gasteiger partial charge in [0.05, 0.1) is 5.97 Å². The summed E-state index contributed by atoms with van der Waals surface area (Å²) in [5, 5.41) is 20.7. The first-order chi connectivity index (χ1) is 6.67. The van der Waals surface area contributed by atoms with Crippen molar-refractivity contribution in [3.63, 3.8) is 0 Å². The van der Waals surface area contributed by atoms with Gasteiger partial charge in [-0.15, -0.1) is 0 Å². The summed E-state index contributed by atoms with van der Waals surface area (Å²) < 4.78 is 34.3. The molecule has 0 spiro atoms. The Morgan fingerprint density at radius 3 is 2.07 bits per heavy atom. The molecule has 0 amide bonds. The van der Waals surface area contributed by atoms with Crippen molar-refractivity contribution in [1.29, 1.82) is 0 Å². The molecule has 0 aromatic heterocycles. The zero-order chi connectivity index (χ0) is 12.3. The Hall–Kier alpha value is -1.19. The van der Waals surface area contributed by atoms with Crippen molar-refractivity contribution in [3.8, 4) is 0 Å². The minimum Gasteiger partial charge on any atom is -0.550 e. The quantitative estimate of drug-likeness (QED) is 0.471. The number of hydrogen-bond donors (Lipinski definition) is 1. The molecule has 15 heavy (non-hydrogen) atoms. The zero-order valence-corrected chi connectivity index (χ0v) is 8.44. The lowest BCUT2D eigenvalue weighted by Gasteiger charge is -2.31. The Balaban J connectivity index is 5.48. The molecule has 88 valence electrons. The Bertz CT molecular complexity index is 357. The molecule has 0 rings (SSSR count). The van der Waals surface area contributed by atoms with Crippen LogP contribution in [0.2, 0.25) is 0 Å². The van der Waals surface area contributed by atoms with Gasteiger partial charge in [-0.25, -0.2) is 0 Å². The van der Waals surface area contributed by atoms with Crippen LogP contribution in [0.3, 0.4) is 0 Å². The monoisotopic (exact) mass is 240 g/mol. The van der Waals surface area contributed by atoms with Gasteiger partial charge in [-0.2, -0.15) is 8.42 Å². The van der Waals surface area contributed by atoms with Crippen LogP contribution >= 0.6 is 0 Å². The number of ether oxygens (including phenoxy) is 1. The molecule has 8 nitrogen and oxygen atoms in total. The summed E-state index contributed by atoms with van der Waals surface area (Å²) in [4.78, 5) is 17.4. The standard InChI is InChI=1S/C6H10O8S/c1-2-14-6(5(9)10,3-4(7)8)15(11,12)13/h2-3H2,1H3,(H,7,8)(H,9,10)(H,11,12,13)/p-2. The van der Waals surface area contributed by atoms with Crippen LogP contribution in [0.5, 0.6) is 0 Å². The molecule has 0 saturated heterocycles. The van der Waals surface area contributed by atoms with Crippen molar-refractivity contribution in [2.75, 3.05) is 6.61 Å². The topological polar surface area (TPSA) is 144 Å². The third kappa shape index (κ3) is 2.88. The van der Waals surface area contributed by atoms with Crippen LogP contribution < -0.4 is 10.2 Å². The van der Waals surface area contributed by atoms with E-state index in [1.165, 1.54) is 6.92 Å². The Kier molecular flexibility index (Phi) is 4.19. The molecule has 0 aliphatic heterocycles. The van der Waals surface area contributed by atoms with Gasteiger partial charge in [-0.3, -0.25) is 4.55 Å². The molecule has 0 aromatic rings. The summed E-state index contributed by atoms with van der Waals surface area (Å²) in [5.41, 5.74) is 0. The minimum absolute atomic E-state index is 0.443. The second kappa shape index (κ2) is 4.55. The first-order valence-corrected chi connectivity index (χ1v) is 5.13. The summed E-state index contributed by atoms with van der Waals surface area (Å²) in [5.74, 6) is -4.37. The van der Waals surface area contributed by atoms with E-state index in [4.69, 9.17) is 4.55 Å². The summed E-state index contributed by atoms with van der Waals surface area (Å²) >= 11 is 0. The maximum atomic E-state index is 10.7. The fourth-order valence-electron chi connectivity index (χ4n) is 0.876. The zero-order valence-electron chi connectivity index (χ0n) is 7.63. The van der Waals surface area contributed by atoms with E-state index in [-0.39, 0.29) is 0 Å². The number of carboxylic acids is 2. The van der Waals surface area contributed by atoms with Gasteiger partial charge in [-0.05, 0) is 6.92 Å². The van der Waals surface area contributed by atoms with Gasteiger partial charge in [-0.1, -0.05) is 0 Å². The van der Waals surface area contributed by atoms with Gasteiger partial charge in [0.25, 0.3) is 0 Å². The Morgan fingerprint density at radius 2 is 1.87 bits per heavy atom. The molecule has 0 heterocycles. The fourth-order valence-corrected chi connectivity index (χ4v) is 1.65. The molecule has 0 saturated carbocycles. The van der Waals surface area contributed by atoms with Crippen molar-refractivity contribution in [1.82, 2.24) is 0 Å². The summed E-state index contributed by atoms with van der Waals surface area (Å²) in [6.07, 6.45) is -1.55. The van der Waals surface area contributed by atoms with E-state index in [1.54, 1.807) is 0 Å². The lowest BCUT2D eigenvalue weighted by Crippen LogP contribution is -2.58. The van der Waals surface area contributed by atoms with E-state index in [0.29, 0.717) is 0 Å². The SMILES string of the molecule is CCOC(CC(=O)[O-])(C(=O)[O-])S(=O)(=O)O. The number of carbonyl (C=O) groups excluding carboxylic acids is 2. The summed E-state index contributed by atoms with van der Waals surface area (Å²) in [7, 11) is -5.29. The second-order valence-electron chi connectivity index (χ2n) is 2.50. The molecular weight excluding hydrogens is 232 g/mol. The van der Waals surface area contributed by atoms with Gasteiger partial charge in [0.1, 0.15) is 0 Å². The summed E-state index contributed by atoms with van der Waals surface area (Å²) in [6.45, 7) is 0.777. The fraction of sp³-hybridized carbons (Fsp3) is 0.667. The van der Waals surface area contributed by atoms with Crippen LogP contribution in [0.15, 0.2) is 0 Å². The smallest absolute Gasteiger partial charge is 0.301 e. The lowest BCUT2D eigenvalue weighted by atomic mass is 10.2. The average Bonchev–Trinajstić information content (AvgIpc) is 1.99. The normalized spacial score (nSPS) is 15.6. The lowest BCUT2D eigenvalue weighted by molar-refractivity contribution is -0.329. The highest BCUT2D eigenvalue weighted by molar-refractivity contribution is 7.87. The highest BCUT2D eigenvalue weighted by atomic mass is 32.2. The molecule has 0 radical (unpaired) electrons. The van der Waals surface area contributed by atoms with Crippen molar-refractivity contribution in [2.24, 2.45) is 0 Å². The van der Waals surface area contributed by atoms with Crippen molar-refractivity contribution >= 4 is 22.1 Å². The predicted molar refractivity (Wildman–Crippen MR) is 40.5 cm³/mol. The van der Waals surface area contributed by atoms with E-state index in [2.05, 4.69) is 4.74 Å². The Labute approximate surface area is 85.2 Å². The first-order valence-electron chi connectivity index (χ1n) is 3.69. The average molecular weight is 240 g/mol. The van der Waals surface area contributed by atoms with Crippen molar-refractivity contribution in [2.45, 2.75) is 18.3 Å². The van der Waals surface area contributed by atoms with Crippen LogP contribution in [-0.2, 0) is 24.4 Å². The van der Waals surface area contributed by atoms with Crippen LogP contribution in [0, 0.1) is 0 Å². The number of carbonyl (C=O) groups is 2. The van der Waals surface area contributed by atoms with E-state index in [9.17, 15) is 28.2 Å².